The quantitative estimate of drug-likeness (QED) is 0.629. The maximum absolute atomic E-state index is 12.8. The number of hydrogen-bond acceptors (Lipinski definition) is 5. The molecule has 136 valence electrons. The van der Waals surface area contributed by atoms with Crippen molar-refractivity contribution in [2.24, 2.45) is 0 Å². The Kier molecular flexibility index (Phi) is 4.22. The molecule has 0 atom stereocenters. The van der Waals surface area contributed by atoms with Crippen LogP contribution in [-0.4, -0.2) is 45.5 Å². The number of aromatic nitrogens is 4. The van der Waals surface area contributed by atoms with E-state index in [4.69, 9.17) is 0 Å². The largest absolute Gasteiger partial charge is 0.434 e. The summed E-state index contributed by atoms with van der Waals surface area (Å²) in [6.07, 6.45) is 1.68. The lowest BCUT2D eigenvalue weighted by Gasteiger charge is -2.36. The second-order valence-electron chi connectivity index (χ2n) is 5.95. The lowest BCUT2D eigenvalue weighted by molar-refractivity contribution is -0.140. The fourth-order valence-corrected chi connectivity index (χ4v) is 3.14. The van der Waals surface area contributed by atoms with Gasteiger partial charge in [0.2, 0.25) is 5.95 Å². The van der Waals surface area contributed by atoms with Crippen LogP contribution in [0.15, 0.2) is 41.4 Å². The third-order valence-corrected chi connectivity index (χ3v) is 4.67. The molecule has 4 rings (SSSR count). The van der Waals surface area contributed by atoms with E-state index in [-0.39, 0.29) is 5.65 Å². The molecular formula is C16H14BrF3N6. The number of anilines is 2. The summed E-state index contributed by atoms with van der Waals surface area (Å²) in [5.74, 6) is 0.674. The van der Waals surface area contributed by atoms with Gasteiger partial charge in [-0.1, -0.05) is 0 Å². The van der Waals surface area contributed by atoms with Gasteiger partial charge in [-0.15, -0.1) is 0 Å². The molecule has 1 fully saturated rings. The average Bonchev–Trinajstić information content (AvgIpc) is 3.06. The van der Waals surface area contributed by atoms with Crippen LogP contribution in [0.25, 0.3) is 5.65 Å². The van der Waals surface area contributed by atoms with Crippen LogP contribution in [-0.2, 0) is 6.18 Å². The third-order valence-electron chi connectivity index (χ3n) is 4.26. The molecule has 4 heterocycles. The van der Waals surface area contributed by atoms with Gasteiger partial charge in [0.05, 0.1) is 10.2 Å². The molecule has 0 N–H and O–H groups in total. The van der Waals surface area contributed by atoms with E-state index < -0.39 is 11.9 Å². The normalized spacial score (nSPS) is 15.7. The van der Waals surface area contributed by atoms with E-state index >= 15 is 0 Å². The molecule has 0 spiro atoms. The van der Waals surface area contributed by atoms with Crippen LogP contribution >= 0.6 is 15.9 Å². The lowest BCUT2D eigenvalue weighted by Crippen LogP contribution is -2.47. The summed E-state index contributed by atoms with van der Waals surface area (Å²) in [6.45, 7) is 2.92. The van der Waals surface area contributed by atoms with E-state index in [9.17, 15) is 13.2 Å². The highest BCUT2D eigenvalue weighted by atomic mass is 79.9. The zero-order chi connectivity index (χ0) is 18.3. The minimum Gasteiger partial charge on any atom is -0.367 e. The summed E-state index contributed by atoms with van der Waals surface area (Å²) in [6, 6.07) is 3.41. The standard InChI is InChI=1S/C16H14BrF3N6/c17-11-7-21-15(22-8-11)25-5-3-24(4-6-25)12-1-2-14-23-13(16(18,19)20)10-26(14)9-12/h1-2,7-10H,3-6H2. The number of hydrogen-bond donors (Lipinski definition) is 0. The predicted molar refractivity (Wildman–Crippen MR) is 94.4 cm³/mol. The van der Waals surface area contributed by atoms with Gasteiger partial charge < -0.3 is 14.2 Å². The Morgan fingerprint density at radius 1 is 0.923 bits per heavy atom. The number of halogens is 4. The van der Waals surface area contributed by atoms with E-state index in [1.165, 1.54) is 4.40 Å². The maximum atomic E-state index is 12.8. The molecule has 0 aliphatic carbocycles. The molecule has 0 unspecified atom stereocenters. The molecule has 0 radical (unpaired) electrons. The minimum atomic E-state index is -4.44. The first-order valence-electron chi connectivity index (χ1n) is 7.93. The minimum absolute atomic E-state index is 0.281. The van der Waals surface area contributed by atoms with Crippen LogP contribution in [0.1, 0.15) is 5.69 Å². The number of nitrogens with zero attached hydrogens (tertiary/aromatic N) is 6. The molecule has 3 aromatic rings. The monoisotopic (exact) mass is 426 g/mol. The topological polar surface area (TPSA) is 49.6 Å². The van der Waals surface area contributed by atoms with Crippen LogP contribution in [0.3, 0.4) is 0 Å². The van der Waals surface area contributed by atoms with Gasteiger partial charge in [-0.3, -0.25) is 0 Å². The highest BCUT2D eigenvalue weighted by Gasteiger charge is 2.34. The first-order valence-corrected chi connectivity index (χ1v) is 8.73. The smallest absolute Gasteiger partial charge is 0.367 e. The fraction of sp³-hybridized carbons (Fsp3) is 0.312. The molecule has 1 saturated heterocycles. The van der Waals surface area contributed by atoms with Crippen LogP contribution in [0, 0.1) is 0 Å². The molecule has 0 amide bonds. The molecule has 26 heavy (non-hydrogen) atoms. The van der Waals surface area contributed by atoms with Crippen molar-refractivity contribution in [3.05, 3.63) is 47.1 Å². The van der Waals surface area contributed by atoms with E-state index in [2.05, 4.69) is 40.7 Å². The van der Waals surface area contributed by atoms with Crippen molar-refractivity contribution >= 4 is 33.2 Å². The predicted octanol–water partition coefficient (Wildman–Crippen LogP) is 3.23. The molecule has 1 aliphatic heterocycles. The van der Waals surface area contributed by atoms with Crippen molar-refractivity contribution in [2.45, 2.75) is 6.18 Å². The SMILES string of the molecule is FC(F)(F)c1cn2cc(N3CCN(c4ncc(Br)cn4)CC3)ccc2n1. The Morgan fingerprint density at radius 3 is 2.23 bits per heavy atom. The summed E-state index contributed by atoms with van der Waals surface area (Å²) >= 11 is 3.31. The number of rotatable bonds is 2. The van der Waals surface area contributed by atoms with E-state index in [0.717, 1.165) is 42.5 Å². The van der Waals surface area contributed by atoms with Crippen LogP contribution in [0.2, 0.25) is 0 Å². The zero-order valence-corrected chi connectivity index (χ0v) is 15.1. The third kappa shape index (κ3) is 3.33. The van der Waals surface area contributed by atoms with Gasteiger partial charge in [0, 0.05) is 51.0 Å². The summed E-state index contributed by atoms with van der Waals surface area (Å²) in [5, 5.41) is 0. The number of imidazole rings is 1. The zero-order valence-electron chi connectivity index (χ0n) is 13.5. The maximum Gasteiger partial charge on any atom is 0.434 e. The van der Waals surface area contributed by atoms with Gasteiger partial charge in [0.15, 0.2) is 5.69 Å². The van der Waals surface area contributed by atoms with Crippen LogP contribution in [0.4, 0.5) is 24.8 Å². The Balaban J connectivity index is 1.49. The number of fused-ring (bicyclic) bond motifs is 1. The van der Waals surface area contributed by atoms with Crippen molar-refractivity contribution in [1.82, 2.24) is 19.4 Å². The van der Waals surface area contributed by atoms with Gasteiger partial charge in [-0.25, -0.2) is 15.0 Å². The van der Waals surface area contributed by atoms with Crippen molar-refractivity contribution < 1.29 is 13.2 Å². The van der Waals surface area contributed by atoms with Gasteiger partial charge >= 0.3 is 6.18 Å². The molecule has 0 aromatic carbocycles. The van der Waals surface area contributed by atoms with Gasteiger partial charge in [-0.2, -0.15) is 13.2 Å². The second kappa shape index (κ2) is 6.42. The lowest BCUT2D eigenvalue weighted by atomic mass is 10.3. The summed E-state index contributed by atoms with van der Waals surface area (Å²) < 4.78 is 40.7. The van der Waals surface area contributed by atoms with Gasteiger partial charge in [0.1, 0.15) is 5.65 Å². The molecule has 6 nitrogen and oxygen atoms in total. The summed E-state index contributed by atoms with van der Waals surface area (Å²) in [4.78, 5) is 16.4. The average molecular weight is 427 g/mol. The number of pyridine rings is 1. The van der Waals surface area contributed by atoms with Crippen LogP contribution in [0.5, 0.6) is 0 Å². The first-order chi connectivity index (χ1) is 12.4. The second-order valence-corrected chi connectivity index (χ2v) is 6.87. The van der Waals surface area contributed by atoms with Crippen molar-refractivity contribution in [2.75, 3.05) is 36.0 Å². The molecule has 0 saturated carbocycles. The van der Waals surface area contributed by atoms with Gasteiger partial charge in [-0.05, 0) is 28.1 Å². The molecule has 1 aliphatic rings. The molecule has 3 aromatic heterocycles. The van der Waals surface area contributed by atoms with E-state index in [0.29, 0.717) is 5.95 Å². The van der Waals surface area contributed by atoms with E-state index in [1.807, 2.05) is 0 Å². The van der Waals surface area contributed by atoms with Crippen molar-refractivity contribution in [3.8, 4) is 0 Å². The Labute approximate surface area is 155 Å². The van der Waals surface area contributed by atoms with Crippen molar-refractivity contribution in [1.29, 1.82) is 0 Å². The molecule has 10 heteroatoms. The summed E-state index contributed by atoms with van der Waals surface area (Å²) in [7, 11) is 0. The first kappa shape index (κ1) is 17.1. The Morgan fingerprint density at radius 2 is 1.58 bits per heavy atom. The molecular weight excluding hydrogens is 413 g/mol. The summed E-state index contributed by atoms with van der Waals surface area (Å²) in [5.41, 5.74) is 0.259. The fourth-order valence-electron chi connectivity index (χ4n) is 2.94. The Bertz CT molecular complexity index is 916. The molecule has 0 bridgehead atoms. The number of alkyl halides is 3. The van der Waals surface area contributed by atoms with Crippen molar-refractivity contribution in [3.63, 3.8) is 0 Å². The highest BCUT2D eigenvalue weighted by molar-refractivity contribution is 9.10. The number of piperazine rings is 1. The van der Waals surface area contributed by atoms with Crippen LogP contribution < -0.4 is 9.80 Å². The van der Waals surface area contributed by atoms with Gasteiger partial charge in [0.25, 0.3) is 0 Å². The van der Waals surface area contributed by atoms with E-state index in [1.54, 1.807) is 30.7 Å². The highest BCUT2D eigenvalue weighted by Crippen LogP contribution is 2.29. The Hall–Kier alpha value is -2.36.